The van der Waals surface area contributed by atoms with Crippen LogP contribution in [-0.2, 0) is 9.53 Å². The van der Waals surface area contributed by atoms with Crippen LogP contribution in [0.4, 0.5) is 0 Å². The summed E-state index contributed by atoms with van der Waals surface area (Å²) in [5.74, 6) is 0.676. The predicted octanol–water partition coefficient (Wildman–Crippen LogP) is 0.670. The van der Waals surface area contributed by atoms with E-state index in [0.29, 0.717) is 12.0 Å². The fourth-order valence-electron chi connectivity index (χ4n) is 2.64. The molecule has 2 unspecified atom stereocenters. The zero-order valence-electron chi connectivity index (χ0n) is 10.00. The summed E-state index contributed by atoms with van der Waals surface area (Å²) in [4.78, 5) is 11.8. The SMILES string of the molecule is CCC1OCCC1CNC(=O)[C@H]1CCCN1. The van der Waals surface area contributed by atoms with Crippen LogP contribution in [0.2, 0.25) is 0 Å². The van der Waals surface area contributed by atoms with E-state index in [0.717, 1.165) is 45.4 Å². The largest absolute Gasteiger partial charge is 0.378 e. The molecule has 0 aromatic rings. The Balaban J connectivity index is 1.71. The van der Waals surface area contributed by atoms with Crippen LogP contribution in [0, 0.1) is 5.92 Å². The summed E-state index contributed by atoms with van der Waals surface area (Å²) in [6, 6.07) is 0.0439. The molecule has 0 saturated carbocycles. The summed E-state index contributed by atoms with van der Waals surface area (Å²) >= 11 is 0. The van der Waals surface area contributed by atoms with E-state index in [-0.39, 0.29) is 11.9 Å². The highest BCUT2D eigenvalue weighted by molar-refractivity contribution is 5.81. The predicted molar refractivity (Wildman–Crippen MR) is 62.2 cm³/mol. The minimum Gasteiger partial charge on any atom is -0.378 e. The van der Waals surface area contributed by atoms with Crippen molar-refractivity contribution in [2.45, 2.75) is 44.8 Å². The van der Waals surface area contributed by atoms with Gasteiger partial charge in [-0.1, -0.05) is 6.92 Å². The van der Waals surface area contributed by atoms with E-state index in [1.807, 2.05) is 0 Å². The highest BCUT2D eigenvalue weighted by Crippen LogP contribution is 2.22. The lowest BCUT2D eigenvalue weighted by Crippen LogP contribution is -2.43. The maximum Gasteiger partial charge on any atom is 0.237 e. The van der Waals surface area contributed by atoms with E-state index < -0.39 is 0 Å². The molecule has 2 aliphatic rings. The van der Waals surface area contributed by atoms with Gasteiger partial charge >= 0.3 is 0 Å². The van der Waals surface area contributed by atoms with Crippen molar-refractivity contribution in [3.05, 3.63) is 0 Å². The van der Waals surface area contributed by atoms with Gasteiger partial charge in [0.1, 0.15) is 0 Å². The standard InChI is InChI=1S/C12H22N2O2/c1-2-11-9(5-7-16-11)8-14-12(15)10-4-3-6-13-10/h9-11,13H,2-8H2,1H3,(H,14,15)/t9?,10-,11?/m1/s1. The molecule has 4 heteroatoms. The number of amides is 1. The van der Waals surface area contributed by atoms with E-state index in [9.17, 15) is 4.79 Å². The first kappa shape index (κ1) is 11.9. The first-order valence-corrected chi connectivity index (χ1v) is 6.44. The molecule has 2 aliphatic heterocycles. The normalized spacial score (nSPS) is 34.2. The Morgan fingerprint density at radius 3 is 3.06 bits per heavy atom. The van der Waals surface area contributed by atoms with Crippen molar-refractivity contribution in [1.29, 1.82) is 0 Å². The lowest BCUT2D eigenvalue weighted by Gasteiger charge is -2.18. The van der Waals surface area contributed by atoms with Crippen molar-refractivity contribution in [1.82, 2.24) is 10.6 Å². The number of hydrogen-bond donors (Lipinski definition) is 2. The molecule has 1 amide bonds. The van der Waals surface area contributed by atoms with Crippen LogP contribution in [0.5, 0.6) is 0 Å². The number of hydrogen-bond acceptors (Lipinski definition) is 3. The third-order valence-electron chi connectivity index (χ3n) is 3.66. The maximum atomic E-state index is 11.8. The smallest absolute Gasteiger partial charge is 0.237 e. The summed E-state index contributed by atoms with van der Waals surface area (Å²) in [5, 5.41) is 6.26. The van der Waals surface area contributed by atoms with Crippen LogP contribution in [0.3, 0.4) is 0 Å². The Bertz CT molecular complexity index is 239. The number of carbonyl (C=O) groups excluding carboxylic acids is 1. The van der Waals surface area contributed by atoms with Crippen LogP contribution >= 0.6 is 0 Å². The molecule has 2 N–H and O–H groups in total. The molecule has 0 radical (unpaired) electrons. The first-order chi connectivity index (χ1) is 7.81. The molecule has 16 heavy (non-hydrogen) atoms. The van der Waals surface area contributed by atoms with E-state index in [2.05, 4.69) is 17.6 Å². The third kappa shape index (κ3) is 2.74. The van der Waals surface area contributed by atoms with Crippen LogP contribution in [0.25, 0.3) is 0 Å². The Labute approximate surface area is 97.1 Å². The molecule has 0 bridgehead atoms. The topological polar surface area (TPSA) is 50.4 Å². The van der Waals surface area contributed by atoms with E-state index in [1.165, 1.54) is 0 Å². The second kappa shape index (κ2) is 5.64. The molecular formula is C12H22N2O2. The second-order valence-corrected chi connectivity index (χ2v) is 4.76. The van der Waals surface area contributed by atoms with Crippen LogP contribution in [0.1, 0.15) is 32.6 Å². The van der Waals surface area contributed by atoms with Gasteiger partial charge in [-0.05, 0) is 32.2 Å². The van der Waals surface area contributed by atoms with Gasteiger partial charge in [0.25, 0.3) is 0 Å². The molecule has 2 saturated heterocycles. The van der Waals surface area contributed by atoms with Gasteiger partial charge in [0.05, 0.1) is 12.1 Å². The fourth-order valence-corrected chi connectivity index (χ4v) is 2.64. The fraction of sp³-hybridized carbons (Fsp3) is 0.917. The molecule has 0 aromatic heterocycles. The Morgan fingerprint density at radius 2 is 2.38 bits per heavy atom. The second-order valence-electron chi connectivity index (χ2n) is 4.76. The average Bonchev–Trinajstić information content (AvgIpc) is 2.96. The number of nitrogens with one attached hydrogen (secondary N) is 2. The van der Waals surface area contributed by atoms with Gasteiger partial charge in [0.2, 0.25) is 5.91 Å². The quantitative estimate of drug-likeness (QED) is 0.741. The van der Waals surface area contributed by atoms with Crippen molar-refractivity contribution in [3.63, 3.8) is 0 Å². The van der Waals surface area contributed by atoms with Gasteiger partial charge in [0.15, 0.2) is 0 Å². The molecule has 2 fully saturated rings. The van der Waals surface area contributed by atoms with Crippen molar-refractivity contribution in [2.24, 2.45) is 5.92 Å². The van der Waals surface area contributed by atoms with Crippen LogP contribution < -0.4 is 10.6 Å². The molecular weight excluding hydrogens is 204 g/mol. The average molecular weight is 226 g/mol. The Hall–Kier alpha value is -0.610. The summed E-state index contributed by atoms with van der Waals surface area (Å²) in [7, 11) is 0. The number of carbonyl (C=O) groups is 1. The summed E-state index contributed by atoms with van der Waals surface area (Å²) < 4.78 is 5.61. The summed E-state index contributed by atoms with van der Waals surface area (Å²) in [6.07, 6.45) is 4.56. The molecule has 0 spiro atoms. The van der Waals surface area contributed by atoms with Crippen LogP contribution in [-0.4, -0.2) is 37.7 Å². The van der Waals surface area contributed by atoms with Crippen molar-refractivity contribution in [3.8, 4) is 0 Å². The van der Waals surface area contributed by atoms with Crippen LogP contribution in [0.15, 0.2) is 0 Å². The van der Waals surface area contributed by atoms with E-state index in [1.54, 1.807) is 0 Å². The Morgan fingerprint density at radius 1 is 1.50 bits per heavy atom. The molecule has 2 heterocycles. The van der Waals surface area contributed by atoms with Gasteiger partial charge in [-0.2, -0.15) is 0 Å². The summed E-state index contributed by atoms with van der Waals surface area (Å²) in [5.41, 5.74) is 0. The molecule has 2 rings (SSSR count). The third-order valence-corrected chi connectivity index (χ3v) is 3.66. The molecule has 92 valence electrons. The van der Waals surface area contributed by atoms with Gasteiger partial charge in [-0.3, -0.25) is 4.79 Å². The molecule has 0 aliphatic carbocycles. The van der Waals surface area contributed by atoms with Gasteiger partial charge < -0.3 is 15.4 Å². The first-order valence-electron chi connectivity index (χ1n) is 6.44. The maximum absolute atomic E-state index is 11.8. The lowest BCUT2D eigenvalue weighted by molar-refractivity contribution is -0.123. The molecule has 4 nitrogen and oxygen atoms in total. The van der Waals surface area contributed by atoms with Crippen molar-refractivity contribution < 1.29 is 9.53 Å². The highest BCUT2D eigenvalue weighted by Gasteiger charge is 2.28. The van der Waals surface area contributed by atoms with Crippen molar-refractivity contribution >= 4 is 5.91 Å². The number of rotatable bonds is 4. The minimum absolute atomic E-state index is 0.0439. The summed E-state index contributed by atoms with van der Waals surface area (Å²) in [6.45, 7) is 4.74. The van der Waals surface area contributed by atoms with Crippen molar-refractivity contribution in [2.75, 3.05) is 19.7 Å². The lowest BCUT2D eigenvalue weighted by atomic mass is 9.99. The molecule has 3 atom stereocenters. The minimum atomic E-state index is 0.0439. The highest BCUT2D eigenvalue weighted by atomic mass is 16.5. The molecule has 0 aromatic carbocycles. The van der Waals surface area contributed by atoms with E-state index in [4.69, 9.17) is 4.74 Å². The van der Waals surface area contributed by atoms with Gasteiger partial charge in [-0.15, -0.1) is 0 Å². The van der Waals surface area contributed by atoms with E-state index >= 15 is 0 Å². The Kier molecular flexibility index (Phi) is 4.18. The van der Waals surface area contributed by atoms with Gasteiger partial charge in [-0.25, -0.2) is 0 Å². The van der Waals surface area contributed by atoms with Gasteiger partial charge in [0, 0.05) is 19.1 Å². The zero-order valence-corrected chi connectivity index (χ0v) is 10.00. The zero-order chi connectivity index (χ0) is 11.4. The monoisotopic (exact) mass is 226 g/mol. The number of ether oxygens (including phenoxy) is 1.